The minimum absolute atomic E-state index is 0.210. The molecule has 2 atom stereocenters. The first-order chi connectivity index (χ1) is 14.5. The van der Waals surface area contributed by atoms with Gasteiger partial charge in [0, 0.05) is 11.8 Å². The third-order valence-corrected chi connectivity index (χ3v) is 4.85. The summed E-state index contributed by atoms with van der Waals surface area (Å²) in [5.74, 6) is -0.528. The number of anilines is 2. The van der Waals surface area contributed by atoms with Gasteiger partial charge in [0.15, 0.2) is 23.6 Å². The van der Waals surface area contributed by atoms with E-state index in [-0.39, 0.29) is 12.5 Å². The van der Waals surface area contributed by atoms with Gasteiger partial charge < -0.3 is 14.8 Å². The normalized spacial score (nSPS) is 19.8. The molecule has 30 heavy (non-hydrogen) atoms. The molecule has 0 aliphatic carbocycles. The van der Waals surface area contributed by atoms with E-state index < -0.39 is 23.9 Å². The highest BCUT2D eigenvalue weighted by Gasteiger charge is 2.55. The largest absolute Gasteiger partial charge is 0.493 e. The molecule has 0 saturated carbocycles. The van der Waals surface area contributed by atoms with Gasteiger partial charge in [-0.05, 0) is 24.3 Å². The molecule has 0 spiro atoms. The second kappa shape index (κ2) is 7.82. The molecular formula is C20H19N5O5. The van der Waals surface area contributed by atoms with Gasteiger partial charge in [-0.1, -0.05) is 23.4 Å². The standard InChI is InChI=1S/C20H19N5O5/c1-29-14-9-8-13(10-15(14)30-2)25-19(27)17-18(20(25)28)24(23-22-17)11-16(26)21-12-6-4-3-5-7-12/h3-10,17-18H,11H2,1-2H3,(H,21,26)/t17-,18+/m0/s1. The van der Waals surface area contributed by atoms with Gasteiger partial charge in [-0.2, -0.15) is 5.11 Å². The number of nitrogens with zero attached hydrogens (tertiary/aromatic N) is 4. The Morgan fingerprint density at radius 2 is 1.77 bits per heavy atom. The maximum atomic E-state index is 13.0. The number of para-hydroxylation sites is 1. The van der Waals surface area contributed by atoms with Gasteiger partial charge in [0.05, 0.1) is 19.9 Å². The number of carbonyl (C=O) groups is 3. The lowest BCUT2D eigenvalue weighted by molar-refractivity contribution is -0.123. The topological polar surface area (TPSA) is 113 Å². The van der Waals surface area contributed by atoms with Gasteiger partial charge in [0.1, 0.15) is 6.54 Å². The Balaban J connectivity index is 1.52. The number of fused-ring (bicyclic) bond motifs is 1. The predicted molar refractivity (Wildman–Crippen MR) is 106 cm³/mol. The Morgan fingerprint density at radius 1 is 1.03 bits per heavy atom. The van der Waals surface area contributed by atoms with Gasteiger partial charge in [0.25, 0.3) is 11.8 Å². The molecule has 0 aromatic heterocycles. The lowest BCUT2D eigenvalue weighted by Gasteiger charge is -2.20. The fourth-order valence-corrected chi connectivity index (χ4v) is 3.44. The van der Waals surface area contributed by atoms with E-state index in [1.165, 1.54) is 19.2 Å². The zero-order chi connectivity index (χ0) is 21.3. The molecule has 2 aliphatic rings. The van der Waals surface area contributed by atoms with Crippen molar-refractivity contribution in [1.29, 1.82) is 0 Å². The summed E-state index contributed by atoms with van der Waals surface area (Å²) in [6, 6.07) is 11.7. The monoisotopic (exact) mass is 409 g/mol. The van der Waals surface area contributed by atoms with Crippen molar-refractivity contribution in [3.63, 3.8) is 0 Å². The van der Waals surface area contributed by atoms with Crippen molar-refractivity contribution in [2.24, 2.45) is 10.3 Å². The molecule has 154 valence electrons. The van der Waals surface area contributed by atoms with Crippen molar-refractivity contribution >= 4 is 29.1 Å². The fourth-order valence-electron chi connectivity index (χ4n) is 3.44. The summed E-state index contributed by atoms with van der Waals surface area (Å²) >= 11 is 0. The average Bonchev–Trinajstić information content (AvgIpc) is 3.27. The van der Waals surface area contributed by atoms with E-state index in [1.54, 1.807) is 42.5 Å². The first-order valence-electron chi connectivity index (χ1n) is 9.15. The van der Waals surface area contributed by atoms with E-state index in [9.17, 15) is 14.4 Å². The van der Waals surface area contributed by atoms with Crippen LogP contribution in [0.4, 0.5) is 11.4 Å². The maximum Gasteiger partial charge on any atom is 0.263 e. The Kier molecular flexibility index (Phi) is 5.05. The molecule has 2 aromatic carbocycles. The molecule has 0 radical (unpaired) electrons. The van der Waals surface area contributed by atoms with Crippen LogP contribution in [0.5, 0.6) is 11.5 Å². The van der Waals surface area contributed by atoms with Crippen molar-refractivity contribution in [1.82, 2.24) is 5.01 Å². The van der Waals surface area contributed by atoms with Crippen molar-refractivity contribution < 1.29 is 23.9 Å². The van der Waals surface area contributed by atoms with Gasteiger partial charge in [-0.25, -0.2) is 4.90 Å². The van der Waals surface area contributed by atoms with E-state index in [0.717, 1.165) is 4.90 Å². The highest BCUT2D eigenvalue weighted by molar-refractivity contribution is 6.25. The Bertz CT molecular complexity index is 1030. The second-order valence-corrected chi connectivity index (χ2v) is 6.66. The minimum atomic E-state index is -0.991. The lowest BCUT2D eigenvalue weighted by atomic mass is 10.1. The Morgan fingerprint density at radius 3 is 2.47 bits per heavy atom. The minimum Gasteiger partial charge on any atom is -0.493 e. The molecule has 1 fully saturated rings. The molecule has 0 bridgehead atoms. The van der Waals surface area contributed by atoms with Gasteiger partial charge >= 0.3 is 0 Å². The Hall–Kier alpha value is -3.95. The second-order valence-electron chi connectivity index (χ2n) is 6.66. The molecule has 10 nitrogen and oxygen atoms in total. The number of methoxy groups -OCH3 is 2. The summed E-state index contributed by atoms with van der Waals surface area (Å²) < 4.78 is 10.4. The zero-order valence-electron chi connectivity index (χ0n) is 16.3. The van der Waals surface area contributed by atoms with Gasteiger partial charge in [-0.15, -0.1) is 0 Å². The van der Waals surface area contributed by atoms with Crippen molar-refractivity contribution in [2.45, 2.75) is 12.1 Å². The summed E-state index contributed by atoms with van der Waals surface area (Å²) in [7, 11) is 2.96. The molecule has 3 amide bonds. The van der Waals surface area contributed by atoms with Crippen LogP contribution in [0, 0.1) is 0 Å². The van der Waals surface area contributed by atoms with E-state index >= 15 is 0 Å². The van der Waals surface area contributed by atoms with Crippen molar-refractivity contribution in [3.05, 3.63) is 48.5 Å². The third-order valence-electron chi connectivity index (χ3n) is 4.85. The number of amides is 3. The first kappa shape index (κ1) is 19.4. The predicted octanol–water partition coefficient (Wildman–Crippen LogP) is 1.64. The number of benzene rings is 2. The molecule has 2 aromatic rings. The van der Waals surface area contributed by atoms with Crippen LogP contribution < -0.4 is 19.7 Å². The van der Waals surface area contributed by atoms with Crippen LogP contribution in [0.2, 0.25) is 0 Å². The first-order valence-corrected chi connectivity index (χ1v) is 9.15. The average molecular weight is 409 g/mol. The van der Waals surface area contributed by atoms with Crippen LogP contribution >= 0.6 is 0 Å². The van der Waals surface area contributed by atoms with Crippen molar-refractivity contribution in [3.8, 4) is 11.5 Å². The van der Waals surface area contributed by atoms with E-state index in [4.69, 9.17) is 9.47 Å². The summed E-state index contributed by atoms with van der Waals surface area (Å²) in [6.45, 7) is -0.210. The number of hydrogen-bond donors (Lipinski definition) is 1. The number of hydrogen-bond acceptors (Lipinski definition) is 8. The number of carbonyl (C=O) groups excluding carboxylic acids is 3. The Labute approximate surface area is 172 Å². The lowest BCUT2D eigenvalue weighted by Crippen LogP contribution is -2.43. The van der Waals surface area contributed by atoms with Crippen LogP contribution in [0.1, 0.15) is 0 Å². The third kappa shape index (κ3) is 3.32. The molecule has 10 heteroatoms. The number of rotatable bonds is 6. The zero-order valence-corrected chi connectivity index (χ0v) is 16.3. The molecular weight excluding hydrogens is 390 g/mol. The molecule has 1 N–H and O–H groups in total. The van der Waals surface area contributed by atoms with Crippen LogP contribution in [0.25, 0.3) is 0 Å². The van der Waals surface area contributed by atoms with Crippen LogP contribution in [0.3, 0.4) is 0 Å². The molecule has 2 aliphatic heterocycles. The molecule has 4 rings (SSSR count). The van der Waals surface area contributed by atoms with Crippen LogP contribution in [0.15, 0.2) is 58.9 Å². The molecule has 1 saturated heterocycles. The number of ether oxygens (including phenoxy) is 2. The summed E-state index contributed by atoms with van der Waals surface area (Å²) in [4.78, 5) is 39.3. The quantitative estimate of drug-likeness (QED) is 0.726. The van der Waals surface area contributed by atoms with Gasteiger partial charge in [0.2, 0.25) is 5.91 Å². The highest BCUT2D eigenvalue weighted by atomic mass is 16.5. The summed E-state index contributed by atoms with van der Waals surface area (Å²) in [6.07, 6.45) is 0. The van der Waals surface area contributed by atoms with Crippen LogP contribution in [-0.2, 0) is 14.4 Å². The maximum absolute atomic E-state index is 13.0. The highest BCUT2D eigenvalue weighted by Crippen LogP contribution is 2.36. The van der Waals surface area contributed by atoms with E-state index in [2.05, 4.69) is 15.7 Å². The fraction of sp³-hybridized carbons (Fsp3) is 0.250. The van der Waals surface area contributed by atoms with E-state index in [0.29, 0.717) is 22.9 Å². The molecule has 2 heterocycles. The van der Waals surface area contributed by atoms with Crippen molar-refractivity contribution in [2.75, 3.05) is 31.0 Å². The van der Waals surface area contributed by atoms with E-state index in [1.807, 2.05) is 6.07 Å². The van der Waals surface area contributed by atoms with Crippen LogP contribution in [-0.4, -0.2) is 55.6 Å². The summed E-state index contributed by atoms with van der Waals surface area (Å²) in [5, 5.41) is 11.8. The molecule has 0 unspecified atom stereocenters. The van der Waals surface area contributed by atoms with Gasteiger partial charge in [-0.3, -0.25) is 19.4 Å². The SMILES string of the molecule is COc1ccc(N2C(=O)[C@H]3N=NN(CC(=O)Nc4ccccc4)[C@H]3C2=O)cc1OC. The number of nitrogens with one attached hydrogen (secondary N) is 1. The number of imide groups is 1. The summed E-state index contributed by atoms with van der Waals surface area (Å²) in [5.41, 5.74) is 0.955. The smallest absolute Gasteiger partial charge is 0.263 e.